The summed E-state index contributed by atoms with van der Waals surface area (Å²) in [5.41, 5.74) is 5.62. The van der Waals surface area contributed by atoms with E-state index in [1.54, 1.807) is 6.07 Å². The number of rotatable bonds is 8. The van der Waals surface area contributed by atoms with E-state index in [1.807, 2.05) is 30.3 Å². The van der Waals surface area contributed by atoms with Gasteiger partial charge in [-0.15, -0.1) is 0 Å². The van der Waals surface area contributed by atoms with Crippen molar-refractivity contribution in [1.82, 2.24) is 0 Å². The third kappa shape index (κ3) is 5.24. The van der Waals surface area contributed by atoms with E-state index in [2.05, 4.69) is 53.7 Å². The second kappa shape index (κ2) is 9.90. The highest BCUT2D eigenvalue weighted by Crippen LogP contribution is 2.33. The van der Waals surface area contributed by atoms with Gasteiger partial charge in [-0.1, -0.05) is 72.3 Å². The fourth-order valence-electron chi connectivity index (χ4n) is 3.60. The fraction of sp³-hybridized carbons (Fsp3) is 0.280. The third-order valence-corrected chi connectivity index (χ3v) is 5.54. The Labute approximate surface area is 176 Å². The van der Waals surface area contributed by atoms with Crippen LogP contribution in [0.5, 0.6) is 5.75 Å². The Bertz CT molecular complexity index is 881. The molecule has 0 saturated carbocycles. The molecule has 146 valence electrons. The largest absolute Gasteiger partial charge is 0.507 e. The molecule has 1 N–H and O–H groups in total. The monoisotopic (exact) mass is 438 g/mol. The molecule has 0 radical (unpaired) electrons. The highest BCUT2D eigenvalue weighted by molar-refractivity contribution is 9.10. The SMILES string of the molecule is C=C(CCC)C1=CCOC1CC/C(=C/c1cc(Br)ccc1O)c1ccccc1. The smallest absolute Gasteiger partial charge is 0.122 e. The second-order valence-corrected chi connectivity index (χ2v) is 8.03. The number of benzene rings is 2. The average molecular weight is 439 g/mol. The molecule has 3 heteroatoms. The average Bonchev–Trinajstić information content (AvgIpc) is 3.17. The zero-order valence-corrected chi connectivity index (χ0v) is 17.9. The third-order valence-electron chi connectivity index (χ3n) is 5.05. The van der Waals surface area contributed by atoms with Crippen molar-refractivity contribution in [3.63, 3.8) is 0 Å². The van der Waals surface area contributed by atoms with Gasteiger partial charge < -0.3 is 9.84 Å². The fourth-order valence-corrected chi connectivity index (χ4v) is 3.98. The molecule has 2 aromatic carbocycles. The summed E-state index contributed by atoms with van der Waals surface area (Å²) in [6.45, 7) is 7.09. The molecule has 0 amide bonds. The number of aromatic hydroxyl groups is 1. The van der Waals surface area contributed by atoms with Crippen molar-refractivity contribution in [1.29, 1.82) is 0 Å². The predicted molar refractivity (Wildman–Crippen MR) is 121 cm³/mol. The Morgan fingerprint density at radius 2 is 2.00 bits per heavy atom. The maximum absolute atomic E-state index is 10.3. The minimum atomic E-state index is 0.0993. The Balaban J connectivity index is 1.83. The van der Waals surface area contributed by atoms with Crippen LogP contribution in [0.4, 0.5) is 0 Å². The molecule has 0 spiro atoms. The summed E-state index contributed by atoms with van der Waals surface area (Å²) in [6.07, 6.45) is 8.21. The van der Waals surface area contributed by atoms with Gasteiger partial charge in [0.15, 0.2) is 0 Å². The Kier molecular flexibility index (Phi) is 7.30. The van der Waals surface area contributed by atoms with Gasteiger partial charge in [-0.25, -0.2) is 0 Å². The van der Waals surface area contributed by atoms with Gasteiger partial charge in [-0.05, 0) is 65.8 Å². The zero-order chi connectivity index (χ0) is 19.9. The first kappa shape index (κ1) is 20.6. The Morgan fingerprint density at radius 1 is 1.21 bits per heavy atom. The first-order valence-corrected chi connectivity index (χ1v) is 10.6. The highest BCUT2D eigenvalue weighted by atomic mass is 79.9. The molecule has 28 heavy (non-hydrogen) atoms. The molecule has 1 aliphatic heterocycles. The summed E-state index contributed by atoms with van der Waals surface area (Å²) >= 11 is 3.50. The molecule has 0 saturated heterocycles. The van der Waals surface area contributed by atoms with E-state index in [0.717, 1.165) is 41.3 Å². The zero-order valence-electron chi connectivity index (χ0n) is 16.3. The van der Waals surface area contributed by atoms with Gasteiger partial charge in [0, 0.05) is 10.0 Å². The lowest BCUT2D eigenvalue weighted by Crippen LogP contribution is -2.11. The molecule has 3 rings (SSSR count). The van der Waals surface area contributed by atoms with Crippen molar-refractivity contribution < 1.29 is 9.84 Å². The number of phenolic OH excluding ortho intramolecular Hbond substituents is 1. The van der Waals surface area contributed by atoms with Crippen molar-refractivity contribution in [2.75, 3.05) is 6.61 Å². The summed E-state index contributed by atoms with van der Waals surface area (Å²) in [4.78, 5) is 0. The van der Waals surface area contributed by atoms with Crippen LogP contribution in [0.2, 0.25) is 0 Å². The number of hydrogen-bond donors (Lipinski definition) is 1. The van der Waals surface area contributed by atoms with Crippen LogP contribution in [0.3, 0.4) is 0 Å². The predicted octanol–water partition coefficient (Wildman–Crippen LogP) is 7.16. The van der Waals surface area contributed by atoms with Gasteiger partial charge in [0.2, 0.25) is 0 Å². The van der Waals surface area contributed by atoms with Crippen molar-refractivity contribution in [3.05, 3.63) is 87.9 Å². The normalized spacial score (nSPS) is 16.9. The van der Waals surface area contributed by atoms with E-state index in [0.29, 0.717) is 6.61 Å². The molecule has 2 nitrogen and oxygen atoms in total. The maximum Gasteiger partial charge on any atom is 0.122 e. The molecular formula is C25H27BrO2. The molecule has 1 unspecified atom stereocenters. The molecule has 1 heterocycles. The quantitative estimate of drug-likeness (QED) is 0.443. The first-order chi connectivity index (χ1) is 13.6. The van der Waals surface area contributed by atoms with Gasteiger partial charge in [0.25, 0.3) is 0 Å². The lowest BCUT2D eigenvalue weighted by Gasteiger charge is -2.18. The molecule has 2 aromatic rings. The lowest BCUT2D eigenvalue weighted by atomic mass is 9.92. The molecule has 1 aliphatic rings. The van der Waals surface area contributed by atoms with E-state index in [1.165, 1.54) is 16.7 Å². The lowest BCUT2D eigenvalue weighted by molar-refractivity contribution is 0.117. The van der Waals surface area contributed by atoms with Crippen LogP contribution in [0.25, 0.3) is 11.6 Å². The van der Waals surface area contributed by atoms with E-state index < -0.39 is 0 Å². The molecule has 0 fully saturated rings. The molecule has 0 aliphatic carbocycles. The standard InChI is InChI=1S/C25H27BrO2/c1-3-7-18(2)23-14-15-28-25(23)13-10-20(19-8-5-4-6-9-19)16-21-17-22(26)11-12-24(21)27/h4-6,8-9,11-12,14,16-17,25,27H,2-3,7,10,13,15H2,1H3/b20-16-. The summed E-state index contributed by atoms with van der Waals surface area (Å²) in [5.74, 6) is 0.283. The summed E-state index contributed by atoms with van der Waals surface area (Å²) in [7, 11) is 0. The van der Waals surface area contributed by atoms with Crippen molar-refractivity contribution in [2.45, 2.75) is 38.7 Å². The highest BCUT2D eigenvalue weighted by Gasteiger charge is 2.22. The summed E-state index contributed by atoms with van der Waals surface area (Å²) < 4.78 is 6.92. The minimum Gasteiger partial charge on any atom is -0.507 e. The number of halogens is 1. The van der Waals surface area contributed by atoms with Crippen molar-refractivity contribution in [3.8, 4) is 5.75 Å². The number of hydrogen-bond acceptors (Lipinski definition) is 2. The van der Waals surface area contributed by atoms with Crippen LogP contribution in [-0.4, -0.2) is 17.8 Å². The minimum absolute atomic E-state index is 0.0993. The molecular weight excluding hydrogens is 412 g/mol. The Morgan fingerprint density at radius 3 is 2.75 bits per heavy atom. The van der Waals surface area contributed by atoms with E-state index >= 15 is 0 Å². The summed E-state index contributed by atoms with van der Waals surface area (Å²) in [6, 6.07) is 15.8. The van der Waals surface area contributed by atoms with Crippen LogP contribution < -0.4 is 0 Å². The second-order valence-electron chi connectivity index (χ2n) is 7.11. The topological polar surface area (TPSA) is 29.5 Å². The molecule has 0 bridgehead atoms. The van der Waals surface area contributed by atoms with Gasteiger partial charge >= 0.3 is 0 Å². The van der Waals surface area contributed by atoms with E-state index in [4.69, 9.17) is 4.74 Å². The van der Waals surface area contributed by atoms with Gasteiger partial charge in [0.1, 0.15) is 5.75 Å². The van der Waals surface area contributed by atoms with Gasteiger partial charge in [-0.3, -0.25) is 0 Å². The molecule has 1 atom stereocenters. The van der Waals surface area contributed by atoms with Crippen LogP contribution >= 0.6 is 15.9 Å². The summed E-state index contributed by atoms with van der Waals surface area (Å²) in [5, 5.41) is 10.3. The van der Waals surface area contributed by atoms with Crippen LogP contribution in [-0.2, 0) is 4.74 Å². The van der Waals surface area contributed by atoms with Gasteiger partial charge in [0.05, 0.1) is 12.7 Å². The maximum atomic E-state index is 10.3. The van der Waals surface area contributed by atoms with Gasteiger partial charge in [-0.2, -0.15) is 0 Å². The van der Waals surface area contributed by atoms with Crippen molar-refractivity contribution >= 4 is 27.6 Å². The van der Waals surface area contributed by atoms with Crippen LogP contribution in [0.1, 0.15) is 43.7 Å². The van der Waals surface area contributed by atoms with E-state index in [9.17, 15) is 5.11 Å². The van der Waals surface area contributed by atoms with Crippen molar-refractivity contribution in [2.24, 2.45) is 0 Å². The van der Waals surface area contributed by atoms with E-state index in [-0.39, 0.29) is 11.9 Å². The Hall–Kier alpha value is -2.10. The first-order valence-electron chi connectivity index (χ1n) is 9.82. The number of phenols is 1. The van der Waals surface area contributed by atoms with Crippen LogP contribution in [0, 0.1) is 0 Å². The van der Waals surface area contributed by atoms with Crippen LogP contribution in [0.15, 0.2) is 76.8 Å². The number of allylic oxidation sites excluding steroid dienone is 1. The number of ether oxygens (including phenoxy) is 1. The molecule has 0 aromatic heterocycles.